The van der Waals surface area contributed by atoms with Crippen LogP contribution >= 0.6 is 0 Å². The van der Waals surface area contributed by atoms with Gasteiger partial charge in [0.15, 0.2) is 19.8 Å². The quantitative estimate of drug-likeness (QED) is 0.310. The van der Waals surface area contributed by atoms with E-state index in [4.69, 9.17) is 13.9 Å². The SMILES string of the molecule is CNc1cc(OCc2ccccc2)c(OC)cc1C(=O)N1CCC2C(c3cn(C)c(=O)n(C)c3=O)[C@H]2[C@H]1CO[Si](C)(C)C(C)(C)C. The topological polar surface area (TPSA) is 104 Å². The highest BCUT2D eigenvalue weighted by atomic mass is 28.4. The Balaban J connectivity index is 1.49. The number of nitrogens with one attached hydrogen (secondary N) is 1. The Labute approximate surface area is 272 Å². The molecule has 3 aromatic rings. The lowest BCUT2D eigenvalue weighted by molar-refractivity contribution is 0.0484. The molecule has 2 aliphatic rings. The normalized spacial score (nSPS) is 21.0. The molecule has 11 heteroatoms. The number of benzene rings is 2. The van der Waals surface area contributed by atoms with E-state index >= 15 is 0 Å². The minimum Gasteiger partial charge on any atom is -0.493 e. The number of piperidine rings is 1. The Morgan fingerprint density at radius 2 is 1.76 bits per heavy atom. The van der Waals surface area contributed by atoms with Crippen molar-refractivity contribution in [3.05, 3.63) is 86.2 Å². The smallest absolute Gasteiger partial charge is 0.330 e. The number of carbonyl (C=O) groups excluding carboxylic acids is 1. The monoisotopic (exact) mass is 648 g/mol. The van der Waals surface area contributed by atoms with E-state index in [1.807, 2.05) is 41.3 Å². The summed E-state index contributed by atoms with van der Waals surface area (Å²) in [6.45, 7) is 12.3. The fraction of sp³-hybridized carbons (Fsp3) is 0.514. The molecule has 10 nitrogen and oxygen atoms in total. The molecule has 1 N–H and O–H groups in total. The number of methoxy groups -OCH3 is 1. The third-order valence-electron chi connectivity index (χ3n) is 10.3. The first-order valence-corrected chi connectivity index (χ1v) is 18.9. The standard InChI is InChI=1S/C35H48N4O6Si/c1-35(2,3)46(8,9)45-21-27-31-23(30(31)25-19-37(5)34(42)38(6)32(25)40)15-16-39(27)33(41)24-17-28(43-7)29(18-26(24)36-4)44-20-22-13-11-10-12-14-22/h10-14,17-19,23,27,30-31,36H,15-16,20-21H2,1-9H3/t23?,27-,30?,31-/m1/s1. The van der Waals surface area contributed by atoms with E-state index in [0.29, 0.717) is 48.1 Å². The van der Waals surface area contributed by atoms with Crippen molar-refractivity contribution in [3.8, 4) is 11.5 Å². The number of hydrogen-bond acceptors (Lipinski definition) is 7. The molecule has 2 aromatic carbocycles. The highest BCUT2D eigenvalue weighted by molar-refractivity contribution is 6.74. The molecule has 1 aliphatic carbocycles. The molecule has 1 saturated heterocycles. The number of amides is 1. The van der Waals surface area contributed by atoms with Crippen LogP contribution in [0.4, 0.5) is 5.69 Å². The van der Waals surface area contributed by atoms with Gasteiger partial charge in [0.2, 0.25) is 0 Å². The second-order valence-corrected chi connectivity index (χ2v) is 18.9. The Bertz CT molecular complexity index is 1710. The van der Waals surface area contributed by atoms with Gasteiger partial charge in [0.25, 0.3) is 11.5 Å². The molecule has 1 amide bonds. The van der Waals surface area contributed by atoms with E-state index < -0.39 is 8.32 Å². The third-order valence-corrected chi connectivity index (χ3v) is 14.8. The number of aromatic nitrogens is 2. The Morgan fingerprint density at radius 3 is 2.39 bits per heavy atom. The minimum absolute atomic E-state index is 0.00520. The molecule has 1 aliphatic heterocycles. The summed E-state index contributed by atoms with van der Waals surface area (Å²) in [5.41, 5.74) is 2.16. The largest absolute Gasteiger partial charge is 0.493 e. The molecular weight excluding hydrogens is 600 g/mol. The van der Waals surface area contributed by atoms with Crippen LogP contribution in [0.15, 0.2) is 58.3 Å². The molecule has 5 rings (SSSR count). The average Bonchev–Trinajstić information content (AvgIpc) is 3.76. The van der Waals surface area contributed by atoms with Gasteiger partial charge >= 0.3 is 5.69 Å². The number of ether oxygens (including phenoxy) is 2. The summed E-state index contributed by atoms with van der Waals surface area (Å²) in [5.74, 6) is 1.11. The fourth-order valence-corrected chi connectivity index (χ4v) is 7.55. The Morgan fingerprint density at radius 1 is 1.07 bits per heavy atom. The Kier molecular flexibility index (Phi) is 9.30. The Hall–Kier alpha value is -3.83. The minimum atomic E-state index is -2.16. The summed E-state index contributed by atoms with van der Waals surface area (Å²) in [5, 5.41) is 3.19. The number of rotatable bonds is 10. The summed E-state index contributed by atoms with van der Waals surface area (Å²) in [6.07, 6.45) is 2.44. The van der Waals surface area contributed by atoms with Gasteiger partial charge in [-0.3, -0.25) is 14.2 Å². The zero-order valence-electron chi connectivity index (χ0n) is 28.5. The molecule has 0 bridgehead atoms. The molecule has 2 unspecified atom stereocenters. The first-order chi connectivity index (χ1) is 21.7. The maximum Gasteiger partial charge on any atom is 0.330 e. The van der Waals surface area contributed by atoms with E-state index in [-0.39, 0.29) is 46.0 Å². The van der Waals surface area contributed by atoms with Crippen molar-refractivity contribution in [2.24, 2.45) is 25.9 Å². The van der Waals surface area contributed by atoms with E-state index in [2.05, 4.69) is 39.2 Å². The molecule has 248 valence electrons. The van der Waals surface area contributed by atoms with Crippen LogP contribution in [0.25, 0.3) is 0 Å². The van der Waals surface area contributed by atoms with E-state index in [1.54, 1.807) is 33.5 Å². The van der Waals surface area contributed by atoms with E-state index in [9.17, 15) is 14.4 Å². The van der Waals surface area contributed by atoms with Crippen molar-refractivity contribution in [1.29, 1.82) is 0 Å². The van der Waals surface area contributed by atoms with Crippen LogP contribution in [-0.4, -0.2) is 61.6 Å². The first-order valence-electron chi connectivity index (χ1n) is 16.0. The first kappa shape index (κ1) is 33.5. The summed E-state index contributed by atoms with van der Waals surface area (Å²) in [7, 11) is 4.40. The van der Waals surface area contributed by atoms with Crippen LogP contribution in [0, 0.1) is 11.8 Å². The highest BCUT2D eigenvalue weighted by Crippen LogP contribution is 2.60. The molecule has 0 radical (unpaired) electrons. The van der Waals surface area contributed by atoms with Crippen LogP contribution in [0.3, 0.4) is 0 Å². The van der Waals surface area contributed by atoms with Gasteiger partial charge < -0.3 is 28.7 Å². The van der Waals surface area contributed by atoms with Crippen molar-refractivity contribution in [1.82, 2.24) is 14.0 Å². The van der Waals surface area contributed by atoms with Gasteiger partial charge in [-0.1, -0.05) is 51.1 Å². The number of carbonyl (C=O) groups is 1. The van der Waals surface area contributed by atoms with E-state index in [0.717, 1.165) is 12.0 Å². The summed E-state index contributed by atoms with van der Waals surface area (Å²) in [6, 6.07) is 13.2. The second kappa shape index (κ2) is 12.8. The van der Waals surface area contributed by atoms with Gasteiger partial charge in [0.1, 0.15) is 6.61 Å². The van der Waals surface area contributed by atoms with Crippen LogP contribution in [0.5, 0.6) is 11.5 Å². The molecule has 2 fully saturated rings. The van der Waals surface area contributed by atoms with Gasteiger partial charge in [-0.05, 0) is 53.9 Å². The lowest BCUT2D eigenvalue weighted by Crippen LogP contribution is -2.51. The van der Waals surface area contributed by atoms with Gasteiger partial charge in [-0.2, -0.15) is 0 Å². The number of hydrogen-bond donors (Lipinski definition) is 1. The van der Waals surface area contributed by atoms with Crippen LogP contribution in [0.1, 0.15) is 54.6 Å². The number of aryl methyl sites for hydroxylation is 1. The summed E-state index contributed by atoms with van der Waals surface area (Å²) < 4.78 is 21.3. The zero-order valence-corrected chi connectivity index (χ0v) is 29.5. The van der Waals surface area contributed by atoms with Crippen molar-refractivity contribution >= 4 is 19.9 Å². The maximum absolute atomic E-state index is 14.5. The van der Waals surface area contributed by atoms with Crippen LogP contribution < -0.4 is 26.0 Å². The van der Waals surface area contributed by atoms with Gasteiger partial charge in [-0.15, -0.1) is 0 Å². The molecule has 1 aromatic heterocycles. The predicted octanol–water partition coefficient (Wildman–Crippen LogP) is 4.98. The van der Waals surface area contributed by atoms with Crippen molar-refractivity contribution in [2.75, 3.05) is 32.6 Å². The lowest BCUT2D eigenvalue weighted by atomic mass is 10.00. The van der Waals surface area contributed by atoms with Crippen LogP contribution in [-0.2, 0) is 25.1 Å². The van der Waals surface area contributed by atoms with Crippen molar-refractivity contribution in [2.45, 2.75) is 63.9 Å². The number of fused-ring (bicyclic) bond motifs is 1. The predicted molar refractivity (Wildman–Crippen MR) is 183 cm³/mol. The molecule has 2 heterocycles. The second-order valence-electron chi connectivity index (χ2n) is 14.1. The molecule has 1 saturated carbocycles. The molecular formula is C35H48N4O6Si. The number of nitrogens with zero attached hydrogens (tertiary/aromatic N) is 3. The zero-order chi connectivity index (χ0) is 33.6. The number of anilines is 1. The molecule has 4 atom stereocenters. The third kappa shape index (κ3) is 6.27. The van der Waals surface area contributed by atoms with Crippen LogP contribution in [0.2, 0.25) is 18.1 Å². The number of likely N-dealkylation sites (tertiary alicyclic amines) is 1. The van der Waals surface area contributed by atoms with Gasteiger partial charge in [0.05, 0.1) is 31.0 Å². The summed E-state index contributed by atoms with van der Waals surface area (Å²) in [4.78, 5) is 42.2. The van der Waals surface area contributed by atoms with E-state index in [1.165, 1.54) is 16.2 Å². The van der Waals surface area contributed by atoms with Crippen molar-refractivity contribution in [3.63, 3.8) is 0 Å². The maximum atomic E-state index is 14.5. The average molecular weight is 649 g/mol. The fourth-order valence-electron chi connectivity index (χ4n) is 6.53. The van der Waals surface area contributed by atoms with Crippen molar-refractivity contribution < 1.29 is 18.7 Å². The van der Waals surface area contributed by atoms with Gasteiger partial charge in [0, 0.05) is 45.5 Å². The summed E-state index contributed by atoms with van der Waals surface area (Å²) >= 11 is 0. The molecule has 46 heavy (non-hydrogen) atoms. The van der Waals surface area contributed by atoms with Gasteiger partial charge in [-0.25, -0.2) is 4.79 Å². The highest BCUT2D eigenvalue weighted by Gasteiger charge is 2.60. The lowest BCUT2D eigenvalue weighted by Gasteiger charge is -2.41. The molecule has 0 spiro atoms.